The van der Waals surface area contributed by atoms with Gasteiger partial charge in [-0.15, -0.1) is 0 Å². The first-order valence-corrected chi connectivity index (χ1v) is 6.16. The van der Waals surface area contributed by atoms with Gasteiger partial charge in [0.05, 0.1) is 16.6 Å². The van der Waals surface area contributed by atoms with Crippen molar-refractivity contribution in [2.75, 3.05) is 0 Å². The molecule has 0 unspecified atom stereocenters. The van der Waals surface area contributed by atoms with Crippen LogP contribution in [0.5, 0.6) is 0 Å². The fourth-order valence-electron chi connectivity index (χ4n) is 2.33. The quantitative estimate of drug-likeness (QED) is 0.582. The Morgan fingerprint density at radius 2 is 1.95 bits per heavy atom. The molecule has 20 heavy (non-hydrogen) atoms. The largest absolute Gasteiger partial charge is 0.337 e. The minimum absolute atomic E-state index is 0.488. The van der Waals surface area contributed by atoms with Crippen LogP contribution in [0.3, 0.4) is 0 Å². The Kier molecular flexibility index (Phi) is 2.20. The van der Waals surface area contributed by atoms with Crippen molar-refractivity contribution in [1.82, 2.24) is 20.2 Å². The fourth-order valence-corrected chi connectivity index (χ4v) is 2.33. The molecule has 1 radical (unpaired) electrons. The third-order valence-electron chi connectivity index (χ3n) is 3.30. The highest BCUT2D eigenvalue weighted by atomic mass is 16.1. The summed E-state index contributed by atoms with van der Waals surface area (Å²) in [5.74, 6) is 0.681. The Balaban J connectivity index is 1.95. The van der Waals surface area contributed by atoms with Gasteiger partial charge in [-0.25, -0.2) is 4.98 Å². The summed E-state index contributed by atoms with van der Waals surface area (Å²) in [7, 11) is 0. The molecular weight excluding hydrogens is 252 g/mol. The van der Waals surface area contributed by atoms with Gasteiger partial charge < -0.3 is 4.98 Å². The number of para-hydroxylation sites is 1. The number of benzene rings is 2. The van der Waals surface area contributed by atoms with E-state index >= 15 is 0 Å². The van der Waals surface area contributed by atoms with E-state index in [0.29, 0.717) is 11.4 Å². The monoisotopic (exact) mass is 261 g/mol. The van der Waals surface area contributed by atoms with Crippen LogP contribution in [0.25, 0.3) is 33.5 Å². The van der Waals surface area contributed by atoms with E-state index in [1.165, 1.54) is 0 Å². The lowest BCUT2D eigenvalue weighted by atomic mass is 10.2. The summed E-state index contributed by atoms with van der Waals surface area (Å²) in [6, 6.07) is 13.1. The number of hydrogen-bond acceptors (Lipinski definition) is 3. The Morgan fingerprint density at radius 1 is 1.05 bits per heavy atom. The molecule has 5 heteroatoms. The minimum atomic E-state index is 0.488. The van der Waals surface area contributed by atoms with Gasteiger partial charge in [0, 0.05) is 10.9 Å². The maximum absolute atomic E-state index is 10.7. The molecule has 0 aliphatic heterocycles. The molecule has 0 spiro atoms. The van der Waals surface area contributed by atoms with Gasteiger partial charge in [0.15, 0.2) is 5.82 Å². The molecule has 0 aliphatic carbocycles. The highest BCUT2D eigenvalue weighted by Gasteiger charge is 2.12. The van der Waals surface area contributed by atoms with E-state index in [0.717, 1.165) is 27.6 Å². The molecule has 5 nitrogen and oxygen atoms in total. The van der Waals surface area contributed by atoms with E-state index in [4.69, 9.17) is 0 Å². The number of fused-ring (bicyclic) bond motifs is 2. The molecule has 4 aromatic rings. The van der Waals surface area contributed by atoms with Crippen LogP contribution in [0.2, 0.25) is 0 Å². The summed E-state index contributed by atoms with van der Waals surface area (Å²) < 4.78 is 0. The van der Waals surface area contributed by atoms with Crippen LogP contribution in [-0.4, -0.2) is 26.5 Å². The highest BCUT2D eigenvalue weighted by molar-refractivity contribution is 5.93. The Morgan fingerprint density at radius 3 is 2.85 bits per heavy atom. The Labute approximate surface area is 113 Å². The molecular formula is C15H9N4O. The van der Waals surface area contributed by atoms with Crippen molar-refractivity contribution in [3.63, 3.8) is 0 Å². The van der Waals surface area contributed by atoms with Gasteiger partial charge >= 0.3 is 0 Å². The Bertz CT molecular complexity index is 935. The molecule has 0 fully saturated rings. The van der Waals surface area contributed by atoms with Crippen LogP contribution in [0, 0.1) is 0 Å². The van der Waals surface area contributed by atoms with E-state index in [9.17, 15) is 4.79 Å². The second-order valence-electron chi connectivity index (χ2n) is 4.54. The van der Waals surface area contributed by atoms with Crippen LogP contribution in [-0.2, 0) is 4.79 Å². The van der Waals surface area contributed by atoms with Gasteiger partial charge in [0.2, 0.25) is 6.29 Å². The van der Waals surface area contributed by atoms with Gasteiger partial charge in [-0.1, -0.05) is 18.2 Å². The molecule has 2 aromatic heterocycles. The van der Waals surface area contributed by atoms with Gasteiger partial charge in [0.25, 0.3) is 0 Å². The number of nitrogens with one attached hydrogen (secondary N) is 2. The van der Waals surface area contributed by atoms with Crippen LogP contribution in [0.4, 0.5) is 0 Å². The van der Waals surface area contributed by atoms with Gasteiger partial charge in [0.1, 0.15) is 5.69 Å². The van der Waals surface area contributed by atoms with Crippen molar-refractivity contribution in [2.24, 2.45) is 0 Å². The first-order chi connectivity index (χ1) is 9.85. The summed E-state index contributed by atoms with van der Waals surface area (Å²) in [6.45, 7) is 0. The third kappa shape index (κ3) is 1.53. The lowest BCUT2D eigenvalue weighted by Crippen LogP contribution is -1.81. The van der Waals surface area contributed by atoms with Crippen molar-refractivity contribution >= 4 is 28.2 Å². The predicted molar refractivity (Wildman–Crippen MR) is 76.0 cm³/mol. The molecule has 0 amide bonds. The van der Waals surface area contributed by atoms with Gasteiger partial charge in [-0.3, -0.25) is 9.89 Å². The van der Waals surface area contributed by atoms with Crippen molar-refractivity contribution in [1.29, 1.82) is 0 Å². The molecule has 2 N–H and O–H groups in total. The predicted octanol–water partition coefficient (Wildman–Crippen LogP) is 2.56. The second kappa shape index (κ2) is 4.03. The number of hydrogen-bond donors (Lipinski definition) is 2. The van der Waals surface area contributed by atoms with E-state index in [-0.39, 0.29) is 0 Å². The second-order valence-corrected chi connectivity index (χ2v) is 4.54. The zero-order valence-electron chi connectivity index (χ0n) is 10.3. The number of rotatable bonds is 2. The van der Waals surface area contributed by atoms with E-state index < -0.39 is 0 Å². The summed E-state index contributed by atoms with van der Waals surface area (Å²) in [5, 5.41) is 8.30. The summed E-state index contributed by atoms with van der Waals surface area (Å²) in [6.07, 6.45) is 1.87. The molecule has 0 saturated carbocycles. The number of aromatic amines is 2. The first-order valence-electron chi connectivity index (χ1n) is 6.16. The van der Waals surface area contributed by atoms with Crippen molar-refractivity contribution in [3.05, 3.63) is 48.0 Å². The molecule has 0 aliphatic rings. The van der Waals surface area contributed by atoms with E-state index in [2.05, 4.69) is 20.2 Å². The average molecular weight is 261 g/mol. The summed E-state index contributed by atoms with van der Waals surface area (Å²) >= 11 is 0. The average Bonchev–Trinajstić information content (AvgIpc) is 3.09. The maximum atomic E-state index is 10.7. The van der Waals surface area contributed by atoms with Gasteiger partial charge in [-0.05, 0) is 24.3 Å². The molecule has 95 valence electrons. The van der Waals surface area contributed by atoms with Crippen LogP contribution < -0.4 is 0 Å². The molecule has 2 aromatic carbocycles. The molecule has 0 saturated heterocycles. The molecule has 0 bridgehead atoms. The number of aromatic nitrogens is 4. The lowest BCUT2D eigenvalue weighted by Gasteiger charge is -1.90. The SMILES string of the molecule is O=[C]c1ccc2[nH]c(-c3n[nH]c4ccccc34)nc2c1. The summed E-state index contributed by atoms with van der Waals surface area (Å²) in [4.78, 5) is 18.4. The van der Waals surface area contributed by atoms with Crippen LogP contribution >= 0.6 is 0 Å². The number of H-pyrrole nitrogens is 2. The third-order valence-corrected chi connectivity index (χ3v) is 3.30. The smallest absolute Gasteiger partial charge is 0.233 e. The standard InChI is InChI=1S/C15H9N4O/c20-8-9-5-6-12-13(7-9)17-15(16-12)14-10-3-1-2-4-11(10)18-19-14/h1-7H,(H,16,17)(H,18,19). The topological polar surface area (TPSA) is 74.4 Å². The highest BCUT2D eigenvalue weighted by Crippen LogP contribution is 2.25. The molecule has 0 atom stereocenters. The molecule has 2 heterocycles. The minimum Gasteiger partial charge on any atom is -0.337 e. The van der Waals surface area contributed by atoms with Crippen molar-refractivity contribution < 1.29 is 4.79 Å². The Hall–Kier alpha value is -2.95. The fraction of sp³-hybridized carbons (Fsp3) is 0. The van der Waals surface area contributed by atoms with E-state index in [1.807, 2.05) is 36.6 Å². The van der Waals surface area contributed by atoms with E-state index in [1.54, 1.807) is 12.1 Å². The summed E-state index contributed by atoms with van der Waals surface area (Å²) in [5.41, 5.74) is 3.82. The number of imidazole rings is 1. The van der Waals surface area contributed by atoms with Gasteiger partial charge in [-0.2, -0.15) is 5.10 Å². The first kappa shape index (κ1) is 10.9. The number of nitrogens with zero attached hydrogens (tertiary/aromatic N) is 2. The lowest BCUT2D eigenvalue weighted by molar-refractivity contribution is 0.563. The van der Waals surface area contributed by atoms with Crippen molar-refractivity contribution in [3.8, 4) is 11.5 Å². The molecule has 4 rings (SSSR count). The normalized spacial score (nSPS) is 11.2. The van der Waals surface area contributed by atoms with Crippen LogP contribution in [0.1, 0.15) is 5.56 Å². The van der Waals surface area contributed by atoms with Crippen molar-refractivity contribution in [2.45, 2.75) is 0 Å². The zero-order chi connectivity index (χ0) is 13.5. The zero-order valence-corrected chi connectivity index (χ0v) is 10.3. The van der Waals surface area contributed by atoms with Crippen LogP contribution in [0.15, 0.2) is 42.5 Å². The maximum Gasteiger partial charge on any atom is 0.233 e. The number of carbonyl (C=O) groups excluding carboxylic acids is 1.